The normalized spacial score (nSPS) is 31.7. The number of esters is 1. The molecule has 0 amide bonds. The summed E-state index contributed by atoms with van der Waals surface area (Å²) in [6.07, 6.45) is 2.28. The molecule has 1 rings (SSSR count). The molecule has 0 aromatic heterocycles. The maximum Gasteiger partial charge on any atom is 0.316 e. The van der Waals surface area contributed by atoms with Gasteiger partial charge in [-0.15, -0.1) is 0 Å². The number of carbonyl (C=O) groups is 1. The second-order valence-electron chi connectivity index (χ2n) is 5.31. The third kappa shape index (κ3) is 2.49. The smallest absolute Gasteiger partial charge is 0.316 e. The fourth-order valence-corrected chi connectivity index (χ4v) is 1.99. The highest BCUT2D eigenvalue weighted by molar-refractivity contribution is 5.78. The van der Waals surface area contributed by atoms with Gasteiger partial charge < -0.3 is 15.6 Å². The van der Waals surface area contributed by atoms with E-state index in [1.807, 2.05) is 20.8 Å². The lowest BCUT2D eigenvalue weighted by Crippen LogP contribution is -2.49. The zero-order valence-corrected chi connectivity index (χ0v) is 9.75. The Bertz CT molecular complexity index is 247. The number of rotatable bonds is 2. The van der Waals surface area contributed by atoms with E-state index < -0.39 is 11.0 Å². The maximum absolute atomic E-state index is 12.0. The van der Waals surface area contributed by atoms with Crippen molar-refractivity contribution in [3.05, 3.63) is 0 Å². The van der Waals surface area contributed by atoms with Crippen LogP contribution < -0.4 is 5.73 Å². The monoisotopic (exact) mass is 215 g/mol. The van der Waals surface area contributed by atoms with Gasteiger partial charge in [-0.2, -0.15) is 0 Å². The van der Waals surface area contributed by atoms with E-state index in [-0.39, 0.29) is 18.6 Å². The van der Waals surface area contributed by atoms with Crippen LogP contribution in [-0.4, -0.2) is 29.3 Å². The number of carbonyl (C=O) groups excluding carboxylic acids is 1. The molecule has 15 heavy (non-hydrogen) atoms. The van der Waals surface area contributed by atoms with E-state index in [0.29, 0.717) is 6.42 Å². The van der Waals surface area contributed by atoms with Crippen LogP contribution in [0.3, 0.4) is 0 Å². The van der Waals surface area contributed by atoms with Crippen molar-refractivity contribution in [3.8, 4) is 0 Å². The lowest BCUT2D eigenvalue weighted by Gasteiger charge is -2.32. The van der Waals surface area contributed by atoms with Crippen molar-refractivity contribution in [2.75, 3.05) is 6.61 Å². The molecule has 1 aliphatic carbocycles. The SMILES string of the molecule is CC(C)(C)OC(=O)[C@]1(CO)CCC[C@@H]1N. The van der Waals surface area contributed by atoms with Gasteiger partial charge in [0.25, 0.3) is 0 Å². The number of hydrogen-bond donors (Lipinski definition) is 2. The van der Waals surface area contributed by atoms with Crippen molar-refractivity contribution in [1.82, 2.24) is 0 Å². The molecule has 0 aliphatic heterocycles. The van der Waals surface area contributed by atoms with Gasteiger partial charge in [0.2, 0.25) is 0 Å². The number of aliphatic hydroxyl groups is 1. The Morgan fingerprint density at radius 2 is 2.20 bits per heavy atom. The Hall–Kier alpha value is -0.610. The molecule has 0 heterocycles. The third-order valence-corrected chi connectivity index (χ3v) is 2.94. The van der Waals surface area contributed by atoms with Crippen LogP contribution in [-0.2, 0) is 9.53 Å². The molecule has 1 aliphatic rings. The molecule has 4 nitrogen and oxygen atoms in total. The first kappa shape index (κ1) is 12.5. The van der Waals surface area contributed by atoms with Gasteiger partial charge in [-0.25, -0.2) is 0 Å². The van der Waals surface area contributed by atoms with Crippen LogP contribution in [0.1, 0.15) is 40.0 Å². The van der Waals surface area contributed by atoms with Gasteiger partial charge in [0, 0.05) is 6.04 Å². The van der Waals surface area contributed by atoms with E-state index >= 15 is 0 Å². The summed E-state index contributed by atoms with van der Waals surface area (Å²) in [5.41, 5.74) is 4.49. The van der Waals surface area contributed by atoms with Crippen LogP contribution in [0.15, 0.2) is 0 Å². The van der Waals surface area contributed by atoms with Crippen LogP contribution in [0, 0.1) is 5.41 Å². The van der Waals surface area contributed by atoms with Crippen molar-refractivity contribution in [3.63, 3.8) is 0 Å². The van der Waals surface area contributed by atoms with E-state index in [9.17, 15) is 9.90 Å². The number of nitrogens with two attached hydrogens (primary N) is 1. The van der Waals surface area contributed by atoms with Gasteiger partial charge in [0.15, 0.2) is 0 Å². The van der Waals surface area contributed by atoms with Gasteiger partial charge in [-0.05, 0) is 33.6 Å². The fourth-order valence-electron chi connectivity index (χ4n) is 1.99. The van der Waals surface area contributed by atoms with Gasteiger partial charge >= 0.3 is 5.97 Å². The molecule has 3 N–H and O–H groups in total. The van der Waals surface area contributed by atoms with Crippen LogP contribution in [0.5, 0.6) is 0 Å². The molecule has 4 heteroatoms. The van der Waals surface area contributed by atoms with Crippen LogP contribution in [0.2, 0.25) is 0 Å². The summed E-state index contributed by atoms with van der Waals surface area (Å²) < 4.78 is 5.31. The quantitative estimate of drug-likeness (QED) is 0.669. The molecule has 0 aromatic carbocycles. The molecule has 0 radical (unpaired) electrons. The van der Waals surface area contributed by atoms with E-state index in [1.54, 1.807) is 0 Å². The van der Waals surface area contributed by atoms with Crippen LogP contribution >= 0.6 is 0 Å². The Labute approximate surface area is 90.8 Å². The molecular formula is C11H21NO3. The topological polar surface area (TPSA) is 72.5 Å². The first-order valence-corrected chi connectivity index (χ1v) is 5.42. The maximum atomic E-state index is 12.0. The Morgan fingerprint density at radius 3 is 2.53 bits per heavy atom. The van der Waals surface area contributed by atoms with Crippen molar-refractivity contribution >= 4 is 5.97 Å². The number of aliphatic hydroxyl groups excluding tert-OH is 1. The average molecular weight is 215 g/mol. The predicted octanol–water partition coefficient (Wildman–Crippen LogP) is 0.818. The summed E-state index contributed by atoms with van der Waals surface area (Å²) in [7, 11) is 0. The van der Waals surface area contributed by atoms with Crippen LogP contribution in [0.25, 0.3) is 0 Å². The van der Waals surface area contributed by atoms with Crippen molar-refractivity contribution < 1.29 is 14.6 Å². The Balaban J connectivity index is 2.79. The van der Waals surface area contributed by atoms with Gasteiger partial charge in [-0.3, -0.25) is 4.79 Å². The van der Waals surface area contributed by atoms with Gasteiger partial charge in [-0.1, -0.05) is 6.42 Å². The minimum Gasteiger partial charge on any atom is -0.459 e. The Morgan fingerprint density at radius 1 is 1.60 bits per heavy atom. The lowest BCUT2D eigenvalue weighted by molar-refractivity contribution is -0.170. The first-order chi connectivity index (χ1) is 6.82. The molecule has 2 atom stereocenters. The standard InChI is InChI=1S/C11H21NO3/c1-10(2,3)15-9(14)11(7-13)6-4-5-8(11)12/h8,13H,4-7,12H2,1-3H3/t8-,11-/m0/s1. The number of ether oxygens (including phenoxy) is 1. The largest absolute Gasteiger partial charge is 0.459 e. The second-order valence-corrected chi connectivity index (χ2v) is 5.31. The lowest BCUT2D eigenvalue weighted by atomic mass is 9.83. The first-order valence-electron chi connectivity index (χ1n) is 5.42. The summed E-state index contributed by atoms with van der Waals surface area (Å²) in [5.74, 6) is -0.359. The molecular weight excluding hydrogens is 194 g/mol. The Kier molecular flexibility index (Phi) is 3.41. The molecule has 1 saturated carbocycles. The van der Waals surface area contributed by atoms with E-state index in [4.69, 9.17) is 10.5 Å². The summed E-state index contributed by atoms with van der Waals surface area (Å²) in [5, 5.41) is 9.37. The molecule has 0 bridgehead atoms. The predicted molar refractivity (Wildman–Crippen MR) is 57.2 cm³/mol. The highest BCUT2D eigenvalue weighted by Crippen LogP contribution is 2.38. The molecule has 0 unspecified atom stereocenters. The van der Waals surface area contributed by atoms with Crippen LogP contribution in [0.4, 0.5) is 0 Å². The van der Waals surface area contributed by atoms with E-state index in [1.165, 1.54) is 0 Å². The molecule has 1 fully saturated rings. The second kappa shape index (κ2) is 4.10. The zero-order chi connectivity index (χ0) is 11.7. The number of hydrogen-bond acceptors (Lipinski definition) is 4. The molecule has 0 spiro atoms. The molecule has 0 saturated heterocycles. The fraction of sp³-hybridized carbons (Fsp3) is 0.909. The summed E-state index contributed by atoms with van der Waals surface area (Å²) in [6.45, 7) is 5.23. The highest BCUT2D eigenvalue weighted by Gasteiger charge is 2.49. The minimum atomic E-state index is -0.868. The van der Waals surface area contributed by atoms with E-state index in [0.717, 1.165) is 12.8 Å². The van der Waals surface area contributed by atoms with E-state index in [2.05, 4.69) is 0 Å². The van der Waals surface area contributed by atoms with Gasteiger partial charge in [0.05, 0.1) is 6.61 Å². The summed E-state index contributed by atoms with van der Waals surface area (Å²) in [6, 6.07) is -0.280. The third-order valence-electron chi connectivity index (χ3n) is 2.94. The molecule has 0 aromatic rings. The van der Waals surface area contributed by atoms with Gasteiger partial charge in [0.1, 0.15) is 11.0 Å². The van der Waals surface area contributed by atoms with Crippen molar-refractivity contribution in [2.24, 2.45) is 11.1 Å². The summed E-state index contributed by atoms with van der Waals surface area (Å²) in [4.78, 5) is 12.0. The minimum absolute atomic E-state index is 0.219. The highest BCUT2D eigenvalue weighted by atomic mass is 16.6. The van der Waals surface area contributed by atoms with Crippen molar-refractivity contribution in [2.45, 2.75) is 51.7 Å². The zero-order valence-electron chi connectivity index (χ0n) is 9.75. The molecule has 88 valence electrons. The summed E-state index contributed by atoms with van der Waals surface area (Å²) >= 11 is 0. The van der Waals surface area contributed by atoms with Crippen molar-refractivity contribution in [1.29, 1.82) is 0 Å². The average Bonchev–Trinajstić information content (AvgIpc) is 2.44.